The van der Waals surface area contributed by atoms with Crippen molar-refractivity contribution in [2.75, 3.05) is 29.7 Å². The Balaban J connectivity index is 2.16. The van der Waals surface area contributed by atoms with Crippen LogP contribution in [-0.4, -0.2) is 29.1 Å². The van der Waals surface area contributed by atoms with Crippen LogP contribution in [0.2, 0.25) is 0 Å². The second-order valence-corrected chi connectivity index (χ2v) is 6.68. The lowest BCUT2D eigenvalue weighted by Gasteiger charge is -2.22. The fourth-order valence-corrected chi connectivity index (χ4v) is 3.50. The molecule has 0 amide bonds. The Labute approximate surface area is 138 Å². The lowest BCUT2D eigenvalue weighted by atomic mass is 10.3. The first-order chi connectivity index (χ1) is 10.3. The summed E-state index contributed by atoms with van der Waals surface area (Å²) in [5.41, 5.74) is 1.05. The van der Waals surface area contributed by atoms with Gasteiger partial charge in [0.05, 0.1) is 10.8 Å². The van der Waals surface area contributed by atoms with Crippen LogP contribution >= 0.6 is 23.2 Å². The van der Waals surface area contributed by atoms with Crippen molar-refractivity contribution < 1.29 is 4.21 Å². The molecule has 0 aliphatic rings. The van der Waals surface area contributed by atoms with Gasteiger partial charge in [-0.2, -0.15) is 0 Å². The molecule has 0 spiro atoms. The van der Waals surface area contributed by atoms with Crippen molar-refractivity contribution in [1.29, 1.82) is 0 Å². The highest BCUT2D eigenvalue weighted by Crippen LogP contribution is 2.20. The average Bonchev–Trinajstić information content (AvgIpc) is 2.55. The second-order valence-electron chi connectivity index (χ2n) is 4.44. The zero-order valence-electron chi connectivity index (χ0n) is 11.5. The molecule has 0 radical (unpaired) electrons. The SMILES string of the molecule is O=[S@@](c1ccccc1)c1ccc(N(CCCl)CCCl)cc1. The summed E-state index contributed by atoms with van der Waals surface area (Å²) < 4.78 is 12.4. The largest absolute Gasteiger partial charge is 0.369 e. The van der Waals surface area contributed by atoms with Gasteiger partial charge in [0.2, 0.25) is 0 Å². The molecule has 0 heterocycles. The minimum absolute atomic E-state index is 0.550. The number of hydrogen-bond donors (Lipinski definition) is 0. The van der Waals surface area contributed by atoms with Gasteiger partial charge >= 0.3 is 0 Å². The zero-order valence-corrected chi connectivity index (χ0v) is 13.9. The number of rotatable bonds is 7. The van der Waals surface area contributed by atoms with Crippen LogP contribution in [-0.2, 0) is 10.8 Å². The lowest BCUT2D eigenvalue weighted by molar-refractivity contribution is 0.683. The molecule has 0 aliphatic heterocycles. The Morgan fingerprint density at radius 1 is 0.810 bits per heavy atom. The highest BCUT2D eigenvalue weighted by Gasteiger charge is 2.09. The molecule has 0 aromatic heterocycles. The van der Waals surface area contributed by atoms with E-state index in [-0.39, 0.29) is 0 Å². The highest BCUT2D eigenvalue weighted by atomic mass is 35.5. The van der Waals surface area contributed by atoms with E-state index in [0.717, 1.165) is 28.6 Å². The molecule has 2 rings (SSSR count). The van der Waals surface area contributed by atoms with E-state index in [1.165, 1.54) is 0 Å². The maximum Gasteiger partial charge on any atom is 0.0849 e. The van der Waals surface area contributed by atoms with E-state index >= 15 is 0 Å². The van der Waals surface area contributed by atoms with E-state index in [1.54, 1.807) is 0 Å². The van der Waals surface area contributed by atoms with Crippen molar-refractivity contribution >= 4 is 39.7 Å². The minimum Gasteiger partial charge on any atom is -0.369 e. The third-order valence-electron chi connectivity index (χ3n) is 3.08. The predicted molar refractivity (Wildman–Crippen MR) is 91.2 cm³/mol. The molecule has 2 aromatic rings. The number of halogens is 2. The molecule has 0 fully saturated rings. The molecule has 0 saturated carbocycles. The Morgan fingerprint density at radius 2 is 1.33 bits per heavy atom. The molecule has 21 heavy (non-hydrogen) atoms. The highest BCUT2D eigenvalue weighted by molar-refractivity contribution is 7.85. The second kappa shape index (κ2) is 8.42. The van der Waals surface area contributed by atoms with E-state index in [2.05, 4.69) is 4.90 Å². The minimum atomic E-state index is -1.15. The molecule has 0 saturated heterocycles. The van der Waals surface area contributed by atoms with Gasteiger partial charge in [-0.15, -0.1) is 23.2 Å². The average molecular weight is 342 g/mol. The summed E-state index contributed by atoms with van der Waals surface area (Å²) >= 11 is 11.6. The van der Waals surface area contributed by atoms with Gasteiger partial charge in [0.1, 0.15) is 0 Å². The van der Waals surface area contributed by atoms with Gasteiger partial charge in [-0.05, 0) is 36.4 Å². The molecule has 1 atom stereocenters. The first kappa shape index (κ1) is 16.3. The monoisotopic (exact) mass is 341 g/mol. The maximum absolute atomic E-state index is 12.4. The number of alkyl halides is 2. The van der Waals surface area contributed by atoms with E-state index < -0.39 is 10.8 Å². The van der Waals surface area contributed by atoms with E-state index in [1.807, 2.05) is 54.6 Å². The van der Waals surface area contributed by atoms with Crippen LogP contribution in [0.5, 0.6) is 0 Å². The summed E-state index contributed by atoms with van der Waals surface area (Å²) in [7, 11) is -1.15. The third kappa shape index (κ3) is 4.47. The third-order valence-corrected chi connectivity index (χ3v) is 4.82. The Hall–Kier alpha value is -1.03. The summed E-state index contributed by atoms with van der Waals surface area (Å²) in [5.74, 6) is 1.10. The van der Waals surface area contributed by atoms with Gasteiger partial charge in [-0.25, -0.2) is 4.21 Å². The number of nitrogens with zero attached hydrogens (tertiary/aromatic N) is 1. The fraction of sp³-hybridized carbons (Fsp3) is 0.250. The standard InChI is InChI=1S/C16H17Cl2NOS/c17-10-12-19(13-11-18)14-6-8-16(9-7-14)21(20)15-4-2-1-3-5-15/h1-9H,10-13H2/t21-/m0/s1. The molecule has 112 valence electrons. The first-order valence-corrected chi connectivity index (χ1v) is 8.92. The van der Waals surface area contributed by atoms with Crippen molar-refractivity contribution in [1.82, 2.24) is 0 Å². The molecule has 2 nitrogen and oxygen atoms in total. The molecule has 0 aliphatic carbocycles. The van der Waals surface area contributed by atoms with E-state index in [9.17, 15) is 4.21 Å². The molecule has 0 bridgehead atoms. The van der Waals surface area contributed by atoms with Crippen LogP contribution < -0.4 is 4.90 Å². The number of anilines is 1. The quantitative estimate of drug-likeness (QED) is 0.705. The summed E-state index contributed by atoms with van der Waals surface area (Å²) in [6.07, 6.45) is 0. The summed E-state index contributed by atoms with van der Waals surface area (Å²) in [4.78, 5) is 3.72. The van der Waals surface area contributed by atoms with Crippen LogP contribution in [0.4, 0.5) is 5.69 Å². The van der Waals surface area contributed by atoms with Crippen molar-refractivity contribution in [3.63, 3.8) is 0 Å². The van der Waals surface area contributed by atoms with Crippen molar-refractivity contribution in [3.8, 4) is 0 Å². The Kier molecular flexibility index (Phi) is 6.55. The Morgan fingerprint density at radius 3 is 1.86 bits per heavy atom. The van der Waals surface area contributed by atoms with Gasteiger partial charge in [-0.3, -0.25) is 0 Å². The summed E-state index contributed by atoms with van der Waals surface area (Å²) in [6, 6.07) is 17.2. The van der Waals surface area contributed by atoms with E-state index in [4.69, 9.17) is 23.2 Å². The van der Waals surface area contributed by atoms with Gasteiger partial charge < -0.3 is 4.90 Å². The topological polar surface area (TPSA) is 20.3 Å². The molecule has 0 N–H and O–H groups in total. The molecular weight excluding hydrogens is 325 g/mol. The number of hydrogen-bond acceptors (Lipinski definition) is 2. The molecular formula is C16H17Cl2NOS. The smallest absolute Gasteiger partial charge is 0.0849 e. The maximum atomic E-state index is 12.4. The molecule has 5 heteroatoms. The van der Waals surface area contributed by atoms with Gasteiger partial charge in [0.15, 0.2) is 0 Å². The molecule has 0 unspecified atom stereocenters. The normalized spacial score (nSPS) is 12.1. The van der Waals surface area contributed by atoms with Gasteiger partial charge in [0, 0.05) is 40.3 Å². The van der Waals surface area contributed by atoms with Crippen molar-refractivity contribution in [2.24, 2.45) is 0 Å². The van der Waals surface area contributed by atoms with Crippen LogP contribution in [0.3, 0.4) is 0 Å². The fourth-order valence-electron chi connectivity index (χ4n) is 2.03. The van der Waals surface area contributed by atoms with Crippen molar-refractivity contribution in [2.45, 2.75) is 9.79 Å². The van der Waals surface area contributed by atoms with Crippen LogP contribution in [0.25, 0.3) is 0 Å². The molecule has 2 aromatic carbocycles. The predicted octanol–water partition coefficient (Wildman–Crippen LogP) is 4.14. The number of benzene rings is 2. The summed E-state index contributed by atoms with van der Waals surface area (Å²) in [5, 5.41) is 0. The Bertz CT molecular complexity index is 569. The zero-order chi connectivity index (χ0) is 15.1. The van der Waals surface area contributed by atoms with E-state index in [0.29, 0.717) is 11.8 Å². The first-order valence-electron chi connectivity index (χ1n) is 6.70. The van der Waals surface area contributed by atoms with Crippen molar-refractivity contribution in [3.05, 3.63) is 54.6 Å². The van der Waals surface area contributed by atoms with Crippen LogP contribution in [0.15, 0.2) is 64.4 Å². The van der Waals surface area contributed by atoms with Gasteiger partial charge in [0.25, 0.3) is 0 Å². The van der Waals surface area contributed by atoms with Crippen LogP contribution in [0, 0.1) is 0 Å². The lowest BCUT2D eigenvalue weighted by Crippen LogP contribution is -2.27. The summed E-state index contributed by atoms with van der Waals surface area (Å²) in [6.45, 7) is 1.49. The van der Waals surface area contributed by atoms with Gasteiger partial charge in [-0.1, -0.05) is 18.2 Å². The van der Waals surface area contributed by atoms with Crippen LogP contribution in [0.1, 0.15) is 0 Å².